The van der Waals surface area contributed by atoms with E-state index in [4.69, 9.17) is 4.74 Å². The smallest absolute Gasteiger partial charge is 0.272 e. The molecule has 1 amide bonds. The van der Waals surface area contributed by atoms with Crippen LogP contribution >= 0.6 is 0 Å². The molecule has 8 nitrogen and oxygen atoms in total. The number of likely N-dealkylation sites (tertiary alicyclic amines) is 1. The standard InChI is InChI=1S/C16H22N6O2/c1-20(2)11-5-6-17-13(7-11)16(23)22-8-12(15(10-22)24-4)14-9-21(3)19-18-14/h5-7,9,12,15H,8,10H2,1-4H3/t12-,15+/m0/s1. The Bertz CT molecular complexity index is 729. The number of methoxy groups -OCH3 is 1. The molecule has 0 N–H and O–H groups in total. The van der Waals surface area contributed by atoms with Crippen LogP contribution in [0.2, 0.25) is 0 Å². The second-order valence-corrected chi connectivity index (χ2v) is 6.20. The van der Waals surface area contributed by atoms with E-state index in [9.17, 15) is 4.79 Å². The third-order valence-corrected chi connectivity index (χ3v) is 4.34. The number of amides is 1. The summed E-state index contributed by atoms with van der Waals surface area (Å²) in [5.41, 5.74) is 2.23. The van der Waals surface area contributed by atoms with Crippen molar-refractivity contribution in [3.8, 4) is 0 Å². The lowest BCUT2D eigenvalue weighted by Crippen LogP contribution is -2.30. The molecule has 1 fully saturated rings. The number of anilines is 1. The first-order valence-corrected chi connectivity index (χ1v) is 7.81. The average Bonchev–Trinajstić information content (AvgIpc) is 3.20. The summed E-state index contributed by atoms with van der Waals surface area (Å²) in [4.78, 5) is 20.8. The summed E-state index contributed by atoms with van der Waals surface area (Å²) >= 11 is 0. The largest absolute Gasteiger partial charge is 0.379 e. The Hall–Kier alpha value is -2.48. The molecule has 1 aliphatic heterocycles. The molecule has 8 heteroatoms. The highest BCUT2D eigenvalue weighted by atomic mass is 16.5. The minimum absolute atomic E-state index is 0.0182. The van der Waals surface area contributed by atoms with Crippen molar-refractivity contribution in [1.82, 2.24) is 24.9 Å². The van der Waals surface area contributed by atoms with E-state index in [0.717, 1.165) is 11.4 Å². The highest BCUT2D eigenvalue weighted by Crippen LogP contribution is 2.29. The number of nitrogens with zero attached hydrogens (tertiary/aromatic N) is 6. The second kappa shape index (κ2) is 6.56. The van der Waals surface area contributed by atoms with Crippen LogP contribution in [0, 0.1) is 0 Å². The van der Waals surface area contributed by atoms with Gasteiger partial charge in [0.25, 0.3) is 5.91 Å². The quantitative estimate of drug-likeness (QED) is 0.814. The zero-order valence-electron chi connectivity index (χ0n) is 14.4. The van der Waals surface area contributed by atoms with Crippen LogP contribution in [0.5, 0.6) is 0 Å². The SMILES string of the molecule is CO[C@@H]1CN(C(=O)c2cc(N(C)C)ccn2)C[C@H]1c1cn(C)nn1. The van der Waals surface area contributed by atoms with Gasteiger partial charge in [0.05, 0.1) is 17.7 Å². The predicted molar refractivity (Wildman–Crippen MR) is 89.0 cm³/mol. The number of hydrogen-bond donors (Lipinski definition) is 0. The molecule has 0 spiro atoms. The Morgan fingerprint density at radius 3 is 2.79 bits per heavy atom. The Kier molecular flexibility index (Phi) is 4.48. The monoisotopic (exact) mass is 330 g/mol. The maximum Gasteiger partial charge on any atom is 0.272 e. The summed E-state index contributed by atoms with van der Waals surface area (Å²) in [6.07, 6.45) is 3.44. The maximum absolute atomic E-state index is 12.8. The first kappa shape index (κ1) is 16.4. The number of pyridine rings is 1. The van der Waals surface area contributed by atoms with E-state index in [-0.39, 0.29) is 17.9 Å². The molecule has 0 radical (unpaired) electrons. The topological polar surface area (TPSA) is 76.4 Å². The molecule has 0 aromatic carbocycles. The van der Waals surface area contributed by atoms with Crippen LogP contribution < -0.4 is 4.90 Å². The van der Waals surface area contributed by atoms with Gasteiger partial charge in [-0.15, -0.1) is 5.10 Å². The van der Waals surface area contributed by atoms with E-state index >= 15 is 0 Å². The first-order valence-electron chi connectivity index (χ1n) is 7.81. The molecular formula is C16H22N6O2. The van der Waals surface area contributed by atoms with Gasteiger partial charge in [0.1, 0.15) is 5.69 Å². The normalized spacial score (nSPS) is 20.4. The summed E-state index contributed by atoms with van der Waals surface area (Å²) in [5, 5.41) is 8.15. The Morgan fingerprint density at radius 2 is 2.17 bits per heavy atom. The van der Waals surface area contributed by atoms with E-state index in [0.29, 0.717) is 18.8 Å². The van der Waals surface area contributed by atoms with E-state index in [1.165, 1.54) is 0 Å². The molecule has 2 aromatic heterocycles. The van der Waals surface area contributed by atoms with Crippen molar-refractivity contribution >= 4 is 11.6 Å². The predicted octanol–water partition coefficient (Wildman–Crippen LogP) is 0.531. The molecule has 0 saturated carbocycles. The molecule has 0 bridgehead atoms. The zero-order valence-corrected chi connectivity index (χ0v) is 14.4. The highest BCUT2D eigenvalue weighted by Gasteiger charge is 2.38. The van der Waals surface area contributed by atoms with Gasteiger partial charge in [-0.25, -0.2) is 0 Å². The van der Waals surface area contributed by atoms with Crippen molar-refractivity contribution in [2.45, 2.75) is 12.0 Å². The van der Waals surface area contributed by atoms with E-state index in [1.54, 1.807) is 29.0 Å². The fraction of sp³-hybridized carbons (Fsp3) is 0.500. The molecule has 24 heavy (non-hydrogen) atoms. The van der Waals surface area contributed by atoms with E-state index in [2.05, 4.69) is 15.3 Å². The van der Waals surface area contributed by atoms with Gasteiger partial charge in [0, 0.05) is 59.4 Å². The van der Waals surface area contributed by atoms with Crippen molar-refractivity contribution in [2.24, 2.45) is 7.05 Å². The maximum atomic E-state index is 12.8. The summed E-state index contributed by atoms with van der Waals surface area (Å²) < 4.78 is 7.23. The van der Waals surface area contributed by atoms with Gasteiger partial charge in [0.2, 0.25) is 0 Å². The summed E-state index contributed by atoms with van der Waals surface area (Å²) in [6.45, 7) is 1.06. The summed E-state index contributed by atoms with van der Waals surface area (Å²) in [7, 11) is 7.36. The van der Waals surface area contributed by atoms with Crippen LogP contribution in [0.1, 0.15) is 22.1 Å². The molecule has 3 heterocycles. The number of carbonyl (C=O) groups excluding carboxylic acids is 1. The van der Waals surface area contributed by atoms with Crippen molar-refractivity contribution in [3.63, 3.8) is 0 Å². The van der Waals surface area contributed by atoms with Crippen molar-refractivity contribution in [2.75, 3.05) is 39.2 Å². The van der Waals surface area contributed by atoms with E-state index in [1.807, 2.05) is 38.3 Å². The van der Waals surface area contributed by atoms with Crippen LogP contribution in [0.3, 0.4) is 0 Å². The van der Waals surface area contributed by atoms with Gasteiger partial charge in [-0.2, -0.15) is 0 Å². The van der Waals surface area contributed by atoms with Crippen LogP contribution in [0.15, 0.2) is 24.5 Å². The zero-order chi connectivity index (χ0) is 17.3. The third-order valence-electron chi connectivity index (χ3n) is 4.34. The molecular weight excluding hydrogens is 308 g/mol. The van der Waals surface area contributed by atoms with Gasteiger partial charge in [-0.05, 0) is 12.1 Å². The fourth-order valence-electron chi connectivity index (χ4n) is 2.97. The molecule has 2 aromatic rings. The fourth-order valence-corrected chi connectivity index (χ4v) is 2.97. The lowest BCUT2D eigenvalue weighted by molar-refractivity contribution is 0.0709. The number of hydrogen-bond acceptors (Lipinski definition) is 6. The minimum atomic E-state index is -0.0947. The Balaban J connectivity index is 1.80. The van der Waals surface area contributed by atoms with Gasteiger partial charge in [-0.3, -0.25) is 14.5 Å². The minimum Gasteiger partial charge on any atom is -0.379 e. The summed E-state index contributed by atoms with van der Waals surface area (Å²) in [5.74, 6) is -0.0724. The van der Waals surface area contributed by atoms with Crippen molar-refractivity contribution < 1.29 is 9.53 Å². The molecule has 3 rings (SSSR count). The number of ether oxygens (including phenoxy) is 1. The lowest BCUT2D eigenvalue weighted by atomic mass is 10.0. The summed E-state index contributed by atoms with van der Waals surface area (Å²) in [6, 6.07) is 3.68. The van der Waals surface area contributed by atoms with Crippen LogP contribution in [-0.2, 0) is 11.8 Å². The number of rotatable bonds is 4. The third kappa shape index (κ3) is 3.09. The van der Waals surface area contributed by atoms with Crippen molar-refractivity contribution in [3.05, 3.63) is 35.9 Å². The molecule has 0 aliphatic carbocycles. The first-order chi connectivity index (χ1) is 11.5. The highest BCUT2D eigenvalue weighted by molar-refractivity contribution is 5.93. The Labute approximate surface area is 141 Å². The van der Waals surface area contributed by atoms with Crippen LogP contribution in [0.4, 0.5) is 5.69 Å². The molecule has 0 unspecified atom stereocenters. The van der Waals surface area contributed by atoms with E-state index < -0.39 is 0 Å². The van der Waals surface area contributed by atoms with Gasteiger partial charge in [0.15, 0.2) is 0 Å². The average molecular weight is 330 g/mol. The van der Waals surface area contributed by atoms with Crippen LogP contribution in [-0.4, -0.2) is 71.2 Å². The van der Waals surface area contributed by atoms with Gasteiger partial charge < -0.3 is 14.5 Å². The molecule has 1 saturated heterocycles. The lowest BCUT2D eigenvalue weighted by Gasteiger charge is -2.17. The molecule has 128 valence electrons. The number of aryl methyl sites for hydroxylation is 1. The number of aromatic nitrogens is 4. The van der Waals surface area contributed by atoms with Crippen LogP contribution in [0.25, 0.3) is 0 Å². The molecule has 1 aliphatic rings. The second-order valence-electron chi connectivity index (χ2n) is 6.20. The van der Waals surface area contributed by atoms with Crippen molar-refractivity contribution in [1.29, 1.82) is 0 Å². The van der Waals surface area contributed by atoms with Gasteiger partial charge >= 0.3 is 0 Å². The van der Waals surface area contributed by atoms with Gasteiger partial charge in [-0.1, -0.05) is 5.21 Å². The Morgan fingerprint density at radius 1 is 1.38 bits per heavy atom. The molecule has 2 atom stereocenters. The number of carbonyl (C=O) groups is 1.